The Morgan fingerprint density at radius 2 is 0.962 bits per heavy atom. The number of hydrogen-bond acceptors (Lipinski definition) is 6. The molecule has 2 aliphatic rings. The Bertz CT molecular complexity index is 370. The zero-order valence-electron chi connectivity index (χ0n) is 15.7. The van der Waals surface area contributed by atoms with Crippen molar-refractivity contribution in [2.45, 2.75) is 64.2 Å². The molecule has 0 N–H and O–H groups in total. The van der Waals surface area contributed by atoms with Crippen LogP contribution >= 0.6 is 67.6 Å². The molecular formula is C18H32N2S6. The lowest BCUT2D eigenvalue weighted by molar-refractivity contribution is 0.352. The van der Waals surface area contributed by atoms with Crippen LogP contribution in [0, 0.1) is 0 Å². The van der Waals surface area contributed by atoms with Gasteiger partial charge in [0.05, 0.1) is 0 Å². The Labute approximate surface area is 186 Å². The third kappa shape index (κ3) is 10.1. The number of likely N-dealkylation sites (tertiary alicyclic amines) is 2. The van der Waals surface area contributed by atoms with Crippen molar-refractivity contribution >= 4 is 76.3 Å². The summed E-state index contributed by atoms with van der Waals surface area (Å²) in [7, 11) is 7.53. The maximum absolute atomic E-state index is 5.54. The normalized spacial score (nSPS) is 18.2. The van der Waals surface area contributed by atoms with Gasteiger partial charge in [-0.2, -0.15) is 0 Å². The summed E-state index contributed by atoms with van der Waals surface area (Å²) in [6.45, 7) is 4.68. The molecule has 0 unspecified atom stereocenters. The van der Waals surface area contributed by atoms with E-state index in [9.17, 15) is 0 Å². The quantitative estimate of drug-likeness (QED) is 0.203. The second kappa shape index (κ2) is 15.1. The minimum absolute atomic E-state index is 1.10. The highest BCUT2D eigenvalue weighted by Gasteiger charge is 2.14. The first-order valence-electron chi connectivity index (χ1n) is 9.94. The van der Waals surface area contributed by atoms with Crippen LogP contribution in [0.3, 0.4) is 0 Å². The maximum atomic E-state index is 5.54. The molecule has 0 radical (unpaired) electrons. The van der Waals surface area contributed by atoms with Crippen molar-refractivity contribution in [2.24, 2.45) is 0 Å². The Morgan fingerprint density at radius 1 is 0.577 bits per heavy atom. The van der Waals surface area contributed by atoms with Gasteiger partial charge in [0.2, 0.25) is 0 Å². The molecule has 0 aromatic rings. The topological polar surface area (TPSA) is 6.48 Å². The molecule has 2 nitrogen and oxygen atoms in total. The molecule has 2 aliphatic heterocycles. The molecule has 0 bridgehead atoms. The van der Waals surface area contributed by atoms with Crippen LogP contribution in [0.15, 0.2) is 0 Å². The van der Waals surface area contributed by atoms with Crippen LogP contribution in [0.4, 0.5) is 0 Å². The van der Waals surface area contributed by atoms with Gasteiger partial charge in [-0.15, -0.1) is 0 Å². The molecule has 150 valence electrons. The van der Waals surface area contributed by atoms with Gasteiger partial charge in [-0.05, 0) is 73.0 Å². The van der Waals surface area contributed by atoms with E-state index in [0.29, 0.717) is 0 Å². The highest BCUT2D eigenvalue weighted by molar-refractivity contribution is 8.84. The average molecular weight is 469 g/mol. The summed E-state index contributed by atoms with van der Waals surface area (Å²) >= 11 is 11.1. The van der Waals surface area contributed by atoms with Crippen LogP contribution in [-0.2, 0) is 0 Å². The SMILES string of the molecule is S=C(SSCCCCCCSSC(=S)N1CCCCC1)N1CCCCC1. The number of nitrogens with zero attached hydrogens (tertiary/aromatic N) is 2. The molecular weight excluding hydrogens is 437 g/mol. The summed E-state index contributed by atoms with van der Waals surface area (Å²) in [6.07, 6.45) is 13.3. The fourth-order valence-corrected chi connectivity index (χ4v) is 8.38. The van der Waals surface area contributed by atoms with Crippen LogP contribution < -0.4 is 0 Å². The summed E-state index contributed by atoms with van der Waals surface area (Å²) in [5.74, 6) is 2.44. The molecule has 0 spiro atoms. The molecule has 0 saturated carbocycles. The summed E-state index contributed by atoms with van der Waals surface area (Å²) in [5, 5.41) is 0. The van der Waals surface area contributed by atoms with Gasteiger partial charge in [-0.3, -0.25) is 0 Å². The van der Waals surface area contributed by atoms with Gasteiger partial charge in [0, 0.05) is 37.7 Å². The highest BCUT2D eigenvalue weighted by atomic mass is 33.1. The van der Waals surface area contributed by atoms with Crippen molar-refractivity contribution in [3.05, 3.63) is 0 Å². The highest BCUT2D eigenvalue weighted by Crippen LogP contribution is 2.29. The van der Waals surface area contributed by atoms with E-state index in [4.69, 9.17) is 24.4 Å². The fraction of sp³-hybridized carbons (Fsp3) is 0.889. The van der Waals surface area contributed by atoms with Gasteiger partial charge in [-0.1, -0.05) is 58.9 Å². The standard InChI is InChI=1S/C18H32N2S6/c21-17(19-11-5-3-6-12-19)25-23-15-9-1-2-10-16-24-26-18(22)20-13-7-4-8-14-20/h1-16H2. The predicted octanol–water partition coefficient (Wildman–Crippen LogP) is 6.85. The van der Waals surface area contributed by atoms with Crippen LogP contribution in [0.1, 0.15) is 64.2 Å². The van der Waals surface area contributed by atoms with E-state index >= 15 is 0 Å². The largest absolute Gasteiger partial charge is 0.357 e. The summed E-state index contributed by atoms with van der Waals surface area (Å²) in [4.78, 5) is 4.78. The summed E-state index contributed by atoms with van der Waals surface area (Å²) in [5.41, 5.74) is 0. The van der Waals surface area contributed by atoms with E-state index in [1.54, 1.807) is 0 Å². The zero-order valence-corrected chi connectivity index (χ0v) is 20.6. The van der Waals surface area contributed by atoms with Gasteiger partial charge in [0.15, 0.2) is 0 Å². The van der Waals surface area contributed by atoms with Gasteiger partial charge in [-0.25, -0.2) is 0 Å². The third-order valence-electron chi connectivity index (χ3n) is 4.69. The number of thiocarbonyl (C=S) groups is 2. The summed E-state index contributed by atoms with van der Waals surface area (Å²) in [6, 6.07) is 0. The monoisotopic (exact) mass is 468 g/mol. The maximum Gasteiger partial charge on any atom is 0.147 e. The predicted molar refractivity (Wildman–Crippen MR) is 135 cm³/mol. The fourth-order valence-electron chi connectivity index (χ4n) is 3.12. The number of piperidine rings is 2. The smallest absolute Gasteiger partial charge is 0.147 e. The molecule has 0 aromatic heterocycles. The number of rotatable bonds is 9. The molecule has 0 atom stereocenters. The lowest BCUT2D eigenvalue weighted by Gasteiger charge is -2.28. The van der Waals surface area contributed by atoms with Crippen molar-refractivity contribution in [3.63, 3.8) is 0 Å². The van der Waals surface area contributed by atoms with E-state index in [2.05, 4.69) is 9.80 Å². The Kier molecular flexibility index (Phi) is 13.6. The first kappa shape index (κ1) is 23.5. The van der Waals surface area contributed by atoms with E-state index < -0.39 is 0 Å². The van der Waals surface area contributed by atoms with Crippen molar-refractivity contribution < 1.29 is 0 Å². The molecule has 0 aromatic carbocycles. The minimum Gasteiger partial charge on any atom is -0.357 e. The van der Waals surface area contributed by atoms with Crippen molar-refractivity contribution in [2.75, 3.05) is 37.7 Å². The molecule has 2 rings (SSSR count). The van der Waals surface area contributed by atoms with Crippen LogP contribution in [0.2, 0.25) is 0 Å². The lowest BCUT2D eigenvalue weighted by Crippen LogP contribution is -2.32. The molecule has 2 fully saturated rings. The molecule has 2 heterocycles. The van der Waals surface area contributed by atoms with Gasteiger partial charge in [0.25, 0.3) is 0 Å². The van der Waals surface area contributed by atoms with Crippen LogP contribution in [-0.4, -0.2) is 56.1 Å². The second-order valence-corrected chi connectivity index (χ2v) is 13.0. The Hall–Kier alpha value is 1.18. The van der Waals surface area contributed by atoms with E-state index in [-0.39, 0.29) is 0 Å². The number of unbranched alkanes of at least 4 members (excludes halogenated alkanes) is 3. The minimum atomic E-state index is 1.10. The van der Waals surface area contributed by atoms with Crippen molar-refractivity contribution in [3.8, 4) is 0 Å². The van der Waals surface area contributed by atoms with Gasteiger partial charge < -0.3 is 9.80 Å². The lowest BCUT2D eigenvalue weighted by atomic mass is 10.1. The summed E-state index contributed by atoms with van der Waals surface area (Å²) < 4.78 is 2.21. The molecule has 0 amide bonds. The van der Waals surface area contributed by atoms with E-state index in [0.717, 1.165) is 8.64 Å². The van der Waals surface area contributed by atoms with E-state index in [1.165, 1.54) is 102 Å². The van der Waals surface area contributed by atoms with Crippen LogP contribution in [0.25, 0.3) is 0 Å². The average Bonchev–Trinajstić information content (AvgIpc) is 2.70. The molecule has 26 heavy (non-hydrogen) atoms. The van der Waals surface area contributed by atoms with E-state index in [1.807, 2.05) is 43.2 Å². The second-order valence-electron chi connectivity index (χ2n) is 6.85. The molecule has 2 saturated heterocycles. The Morgan fingerprint density at radius 3 is 1.35 bits per heavy atom. The third-order valence-corrected chi connectivity index (χ3v) is 10.9. The van der Waals surface area contributed by atoms with Crippen LogP contribution in [0.5, 0.6) is 0 Å². The number of hydrogen-bond donors (Lipinski definition) is 0. The molecule has 0 aliphatic carbocycles. The van der Waals surface area contributed by atoms with Crippen molar-refractivity contribution in [1.82, 2.24) is 9.80 Å². The van der Waals surface area contributed by atoms with Gasteiger partial charge in [0.1, 0.15) is 8.64 Å². The van der Waals surface area contributed by atoms with Gasteiger partial charge >= 0.3 is 0 Å². The molecule has 8 heteroatoms. The Balaban J connectivity index is 1.34. The van der Waals surface area contributed by atoms with Crippen molar-refractivity contribution in [1.29, 1.82) is 0 Å². The first-order chi connectivity index (χ1) is 12.8. The zero-order chi connectivity index (χ0) is 18.5. The first-order valence-corrected chi connectivity index (χ1v) is 15.4.